The monoisotopic (exact) mass is 395 g/mol. The maximum absolute atomic E-state index is 12.4. The normalized spacial score (nSPS) is 30.7. The van der Waals surface area contributed by atoms with Gasteiger partial charge in [-0.15, -0.1) is 0 Å². The second kappa shape index (κ2) is 8.97. The van der Waals surface area contributed by atoms with Gasteiger partial charge < -0.3 is 34.8 Å². The van der Waals surface area contributed by atoms with E-state index in [-0.39, 0.29) is 11.3 Å². The topological polar surface area (TPSA) is 137 Å². The molecule has 5 unspecified atom stereocenters. The fraction of sp³-hybridized carbons (Fsp3) is 0.579. The smallest absolute Gasteiger partial charge is 0.294 e. The summed E-state index contributed by atoms with van der Waals surface area (Å²) in [6, 6.07) is 5.75. The average molecular weight is 395 g/mol. The molecule has 2 heterocycles. The van der Waals surface area contributed by atoms with Crippen molar-refractivity contribution >= 4 is 11.7 Å². The van der Waals surface area contributed by atoms with Crippen molar-refractivity contribution < 1.29 is 39.5 Å². The van der Waals surface area contributed by atoms with E-state index in [4.69, 9.17) is 9.47 Å². The van der Waals surface area contributed by atoms with Gasteiger partial charge in [-0.1, -0.05) is 0 Å². The van der Waals surface area contributed by atoms with Crippen molar-refractivity contribution in [2.75, 3.05) is 19.7 Å². The number of aliphatic hydroxyl groups is 4. The molecule has 1 aromatic rings. The van der Waals surface area contributed by atoms with Gasteiger partial charge in [-0.05, 0) is 43.5 Å². The Hall–Kier alpha value is -2.04. The van der Waals surface area contributed by atoms with Gasteiger partial charge in [0.05, 0.1) is 6.61 Å². The van der Waals surface area contributed by atoms with Crippen LogP contribution in [0.25, 0.3) is 0 Å². The first-order chi connectivity index (χ1) is 13.4. The van der Waals surface area contributed by atoms with Crippen LogP contribution >= 0.6 is 0 Å². The minimum Gasteiger partial charge on any atom is -0.462 e. The molecule has 2 aliphatic rings. The maximum atomic E-state index is 12.4. The average Bonchev–Trinajstić information content (AvgIpc) is 2.74. The first kappa shape index (κ1) is 20.7. The molecule has 28 heavy (non-hydrogen) atoms. The van der Waals surface area contributed by atoms with Gasteiger partial charge in [-0.2, -0.15) is 0 Å². The van der Waals surface area contributed by atoms with Crippen LogP contribution in [-0.4, -0.2) is 87.4 Å². The van der Waals surface area contributed by atoms with Crippen molar-refractivity contribution in [2.45, 2.75) is 50.0 Å². The fourth-order valence-corrected chi connectivity index (χ4v) is 3.35. The number of carbonyl (C=O) groups is 2. The van der Waals surface area contributed by atoms with Crippen LogP contribution in [0.2, 0.25) is 0 Å². The maximum Gasteiger partial charge on any atom is 0.294 e. The number of piperidine rings is 1. The molecule has 1 amide bonds. The highest BCUT2D eigenvalue weighted by atomic mass is 16.7. The summed E-state index contributed by atoms with van der Waals surface area (Å²) in [6.45, 7) is 0.614. The quantitative estimate of drug-likeness (QED) is 0.370. The Kier molecular flexibility index (Phi) is 6.63. The lowest BCUT2D eigenvalue weighted by molar-refractivity contribution is -0.277. The van der Waals surface area contributed by atoms with Gasteiger partial charge in [0.2, 0.25) is 12.1 Å². The summed E-state index contributed by atoms with van der Waals surface area (Å²) in [5, 5.41) is 38.8. The predicted octanol–water partition coefficient (Wildman–Crippen LogP) is -0.939. The van der Waals surface area contributed by atoms with Crippen molar-refractivity contribution in [1.82, 2.24) is 4.90 Å². The van der Waals surface area contributed by atoms with Gasteiger partial charge in [0, 0.05) is 18.7 Å². The van der Waals surface area contributed by atoms with E-state index < -0.39 is 49.0 Å². The zero-order valence-corrected chi connectivity index (χ0v) is 15.3. The second-order valence-electron chi connectivity index (χ2n) is 7.02. The van der Waals surface area contributed by atoms with Crippen LogP contribution < -0.4 is 4.74 Å². The summed E-state index contributed by atoms with van der Waals surface area (Å²) in [5.74, 6) is -0.894. The van der Waals surface area contributed by atoms with E-state index in [1.165, 1.54) is 24.3 Å². The molecule has 154 valence electrons. The summed E-state index contributed by atoms with van der Waals surface area (Å²) < 4.78 is 10.7. The lowest BCUT2D eigenvalue weighted by Crippen LogP contribution is -2.60. The van der Waals surface area contributed by atoms with Crippen molar-refractivity contribution in [3.63, 3.8) is 0 Å². The van der Waals surface area contributed by atoms with E-state index in [0.29, 0.717) is 13.1 Å². The lowest BCUT2D eigenvalue weighted by atomic mass is 9.99. The van der Waals surface area contributed by atoms with Crippen LogP contribution in [0.3, 0.4) is 0 Å². The Morgan fingerprint density at radius 3 is 2.25 bits per heavy atom. The van der Waals surface area contributed by atoms with Crippen molar-refractivity contribution in [1.29, 1.82) is 0 Å². The van der Waals surface area contributed by atoms with Crippen LogP contribution in [0, 0.1) is 0 Å². The Bertz CT molecular complexity index is 686. The fourth-order valence-electron chi connectivity index (χ4n) is 3.35. The third-order valence-electron chi connectivity index (χ3n) is 5.05. The summed E-state index contributed by atoms with van der Waals surface area (Å²) >= 11 is 0. The number of carbonyl (C=O) groups excluding carboxylic acids is 2. The highest BCUT2D eigenvalue weighted by Gasteiger charge is 2.44. The van der Waals surface area contributed by atoms with Crippen molar-refractivity contribution in [3.8, 4) is 5.75 Å². The number of Topliss-reactive ketones (excluding diaryl/α,β-unsaturated/α-hetero) is 1. The van der Waals surface area contributed by atoms with Gasteiger partial charge >= 0.3 is 0 Å². The molecule has 0 radical (unpaired) electrons. The molecule has 9 nitrogen and oxygen atoms in total. The van der Waals surface area contributed by atoms with E-state index in [1.807, 2.05) is 0 Å². The molecular weight excluding hydrogens is 370 g/mol. The number of likely N-dealkylation sites (tertiary alicyclic amines) is 1. The number of hydrogen-bond acceptors (Lipinski definition) is 8. The highest BCUT2D eigenvalue weighted by Crippen LogP contribution is 2.24. The Balaban J connectivity index is 1.64. The van der Waals surface area contributed by atoms with E-state index in [0.717, 1.165) is 19.3 Å². The Morgan fingerprint density at radius 2 is 1.64 bits per heavy atom. The molecule has 9 heteroatoms. The molecule has 0 bridgehead atoms. The lowest BCUT2D eigenvalue weighted by Gasteiger charge is -2.39. The predicted molar refractivity (Wildman–Crippen MR) is 95.6 cm³/mol. The van der Waals surface area contributed by atoms with E-state index in [9.17, 15) is 30.0 Å². The number of aliphatic hydroxyl groups excluding tert-OH is 4. The van der Waals surface area contributed by atoms with Gasteiger partial charge in [0.15, 0.2) is 0 Å². The van der Waals surface area contributed by atoms with Crippen LogP contribution in [0.4, 0.5) is 0 Å². The number of benzene rings is 1. The van der Waals surface area contributed by atoms with E-state index >= 15 is 0 Å². The van der Waals surface area contributed by atoms with E-state index in [2.05, 4.69) is 0 Å². The molecule has 2 fully saturated rings. The molecule has 5 atom stereocenters. The minimum absolute atomic E-state index is 0.219. The summed E-state index contributed by atoms with van der Waals surface area (Å²) in [6.07, 6.45) is -4.09. The van der Waals surface area contributed by atoms with Gasteiger partial charge in [-0.25, -0.2) is 0 Å². The SMILES string of the molecule is O=C(C(=O)N1CCCCC1)c1ccc(OC2OC(CO)C(O)C(O)C2O)cc1. The third-order valence-corrected chi connectivity index (χ3v) is 5.05. The number of rotatable bonds is 5. The molecule has 2 aliphatic heterocycles. The molecule has 1 aromatic carbocycles. The molecule has 2 saturated heterocycles. The zero-order valence-electron chi connectivity index (χ0n) is 15.3. The third kappa shape index (κ3) is 4.34. The summed E-state index contributed by atoms with van der Waals surface area (Å²) in [4.78, 5) is 26.2. The van der Waals surface area contributed by atoms with Crippen LogP contribution in [-0.2, 0) is 9.53 Å². The first-order valence-electron chi connectivity index (χ1n) is 9.33. The molecule has 0 saturated carbocycles. The molecule has 0 spiro atoms. The Labute approximate surface area is 162 Å². The molecule has 4 N–H and O–H groups in total. The van der Waals surface area contributed by atoms with Crippen LogP contribution in [0.15, 0.2) is 24.3 Å². The Morgan fingerprint density at radius 1 is 1.00 bits per heavy atom. The van der Waals surface area contributed by atoms with Crippen molar-refractivity contribution in [3.05, 3.63) is 29.8 Å². The molecule has 3 rings (SSSR count). The number of ketones is 1. The molecule has 0 aromatic heterocycles. The zero-order chi connectivity index (χ0) is 20.3. The number of ether oxygens (including phenoxy) is 2. The number of hydrogen-bond donors (Lipinski definition) is 4. The van der Waals surface area contributed by atoms with Crippen molar-refractivity contribution in [2.24, 2.45) is 0 Å². The van der Waals surface area contributed by atoms with Gasteiger partial charge in [0.1, 0.15) is 30.2 Å². The number of nitrogens with zero attached hydrogens (tertiary/aromatic N) is 1. The van der Waals surface area contributed by atoms with E-state index in [1.54, 1.807) is 4.90 Å². The van der Waals surface area contributed by atoms with Crippen LogP contribution in [0.5, 0.6) is 5.75 Å². The van der Waals surface area contributed by atoms with Gasteiger partial charge in [0.25, 0.3) is 5.91 Å². The molecular formula is C19H25NO8. The molecule has 0 aliphatic carbocycles. The minimum atomic E-state index is -1.54. The second-order valence-corrected chi connectivity index (χ2v) is 7.02. The number of amides is 1. The first-order valence-corrected chi connectivity index (χ1v) is 9.33. The van der Waals surface area contributed by atoms with Crippen LogP contribution in [0.1, 0.15) is 29.6 Å². The van der Waals surface area contributed by atoms with Gasteiger partial charge in [-0.3, -0.25) is 9.59 Å². The summed E-state index contributed by atoms with van der Waals surface area (Å²) in [7, 11) is 0. The summed E-state index contributed by atoms with van der Waals surface area (Å²) in [5.41, 5.74) is 0.219. The standard InChI is InChI=1S/C19H25NO8/c21-10-13-15(23)16(24)17(25)19(28-13)27-12-6-4-11(5-7-12)14(22)18(26)20-8-2-1-3-9-20/h4-7,13,15-17,19,21,23-25H,1-3,8-10H2. The largest absolute Gasteiger partial charge is 0.462 e. The highest BCUT2D eigenvalue weighted by molar-refractivity contribution is 6.42.